The minimum atomic E-state index is -0.959. The van der Waals surface area contributed by atoms with Gasteiger partial charge in [0.15, 0.2) is 0 Å². The molecule has 3 rings (SSSR count). The average Bonchev–Trinajstić information content (AvgIpc) is 2.78. The zero-order valence-corrected chi connectivity index (χ0v) is 14.2. The molecule has 7 nitrogen and oxygen atoms in total. The fraction of sp³-hybridized carbons (Fsp3) is 0.250. The van der Waals surface area contributed by atoms with Crippen LogP contribution in [0.4, 0.5) is 5.69 Å². The van der Waals surface area contributed by atoms with Crippen molar-refractivity contribution >= 4 is 34.9 Å². The Bertz CT molecular complexity index is 999. The van der Waals surface area contributed by atoms with E-state index < -0.39 is 17.0 Å². The molecule has 0 saturated carbocycles. The lowest BCUT2D eigenvalue weighted by molar-refractivity contribution is -0.122. The van der Waals surface area contributed by atoms with Crippen LogP contribution in [-0.2, 0) is 9.59 Å². The number of thiazole rings is 1. The molecule has 2 aromatic rings. The Morgan fingerprint density at radius 1 is 1.29 bits per heavy atom. The summed E-state index contributed by atoms with van der Waals surface area (Å²) in [6.45, 7) is 5.23. The highest BCUT2D eigenvalue weighted by Gasteiger charge is 2.32. The van der Waals surface area contributed by atoms with Gasteiger partial charge in [0.2, 0.25) is 10.7 Å². The summed E-state index contributed by atoms with van der Waals surface area (Å²) in [7, 11) is 0. The molecular formula is C16H16N4O3S. The van der Waals surface area contributed by atoms with Gasteiger partial charge in [0, 0.05) is 11.8 Å². The Kier molecular flexibility index (Phi) is 3.84. The molecule has 0 bridgehead atoms. The van der Waals surface area contributed by atoms with Crippen molar-refractivity contribution in [2.24, 2.45) is 4.99 Å². The summed E-state index contributed by atoms with van der Waals surface area (Å²) < 4.78 is 1.41. The zero-order chi connectivity index (χ0) is 17.5. The van der Waals surface area contributed by atoms with Crippen molar-refractivity contribution in [3.05, 3.63) is 49.5 Å². The second-order valence-corrected chi connectivity index (χ2v) is 7.05. The molecule has 1 aromatic carbocycles. The number of carbonyl (C=O) groups excluding carboxylic acids is 2. The van der Waals surface area contributed by atoms with E-state index in [0.717, 1.165) is 16.9 Å². The van der Waals surface area contributed by atoms with Crippen molar-refractivity contribution in [3.63, 3.8) is 0 Å². The highest BCUT2D eigenvalue weighted by Crippen LogP contribution is 2.09. The van der Waals surface area contributed by atoms with Crippen LogP contribution < -0.4 is 25.6 Å². The van der Waals surface area contributed by atoms with E-state index in [2.05, 4.69) is 15.7 Å². The number of hydrogen-bond donors (Lipinski definition) is 2. The first-order chi connectivity index (χ1) is 11.3. The zero-order valence-electron chi connectivity index (χ0n) is 13.4. The van der Waals surface area contributed by atoms with E-state index in [1.807, 2.05) is 19.1 Å². The molecule has 1 aromatic heterocycles. The van der Waals surface area contributed by atoms with Gasteiger partial charge in [-0.1, -0.05) is 29.0 Å². The van der Waals surface area contributed by atoms with Crippen molar-refractivity contribution in [2.75, 3.05) is 10.7 Å². The third-order valence-electron chi connectivity index (χ3n) is 3.51. The van der Waals surface area contributed by atoms with Gasteiger partial charge >= 0.3 is 0 Å². The van der Waals surface area contributed by atoms with E-state index in [-0.39, 0.29) is 15.2 Å². The van der Waals surface area contributed by atoms with Crippen LogP contribution in [0.1, 0.15) is 19.4 Å². The summed E-state index contributed by atoms with van der Waals surface area (Å²) in [5.74, 6) is -0.778. The molecule has 0 aliphatic carbocycles. The molecule has 0 unspecified atom stereocenters. The maximum atomic E-state index is 12.4. The number of carbonyl (C=O) groups is 2. The van der Waals surface area contributed by atoms with Crippen LogP contribution in [-0.4, -0.2) is 22.0 Å². The Morgan fingerprint density at radius 2 is 1.96 bits per heavy atom. The quantitative estimate of drug-likeness (QED) is 0.809. The minimum absolute atomic E-state index is 0.205. The van der Waals surface area contributed by atoms with Crippen LogP contribution in [0.5, 0.6) is 0 Å². The lowest BCUT2D eigenvalue weighted by Crippen LogP contribution is -2.55. The number of fused-ring (bicyclic) bond motifs is 1. The molecule has 0 spiro atoms. The normalized spacial score (nSPS) is 16.1. The van der Waals surface area contributed by atoms with Crippen LogP contribution in [0, 0.1) is 6.92 Å². The fourth-order valence-electron chi connectivity index (χ4n) is 2.14. The molecule has 24 heavy (non-hydrogen) atoms. The number of rotatable bonds is 2. The molecular weight excluding hydrogens is 328 g/mol. The molecule has 1 aliphatic heterocycles. The van der Waals surface area contributed by atoms with Crippen molar-refractivity contribution in [2.45, 2.75) is 26.3 Å². The smallest absolute Gasteiger partial charge is 0.289 e. The summed E-state index contributed by atoms with van der Waals surface area (Å²) in [5, 5.41) is 2.70. The van der Waals surface area contributed by atoms with Crippen LogP contribution in [0.3, 0.4) is 0 Å². The van der Waals surface area contributed by atoms with Gasteiger partial charge in [-0.3, -0.25) is 14.4 Å². The van der Waals surface area contributed by atoms with Crippen LogP contribution in [0.2, 0.25) is 0 Å². The van der Waals surface area contributed by atoms with Gasteiger partial charge < -0.3 is 10.7 Å². The maximum absolute atomic E-state index is 12.4. The van der Waals surface area contributed by atoms with Crippen LogP contribution in [0.15, 0.2) is 34.1 Å². The third kappa shape index (κ3) is 3.00. The number of anilines is 1. The van der Waals surface area contributed by atoms with Crippen LogP contribution in [0.25, 0.3) is 6.08 Å². The molecule has 2 heterocycles. The molecule has 0 saturated heterocycles. The van der Waals surface area contributed by atoms with E-state index in [1.54, 1.807) is 26.0 Å². The molecule has 1 aliphatic rings. The number of aryl methyl sites for hydroxylation is 1. The average molecular weight is 344 g/mol. The first-order valence-electron chi connectivity index (χ1n) is 7.29. The van der Waals surface area contributed by atoms with Gasteiger partial charge in [0.1, 0.15) is 10.1 Å². The fourth-order valence-corrected chi connectivity index (χ4v) is 3.03. The number of nitrogens with one attached hydrogen (secondary N) is 2. The van der Waals surface area contributed by atoms with E-state index in [0.29, 0.717) is 5.69 Å². The van der Waals surface area contributed by atoms with Crippen molar-refractivity contribution in [1.29, 1.82) is 0 Å². The Labute approximate surface area is 141 Å². The Balaban J connectivity index is 1.94. The summed E-state index contributed by atoms with van der Waals surface area (Å²) in [6.07, 6.45) is 1.22. The predicted molar refractivity (Wildman–Crippen MR) is 92.1 cm³/mol. The van der Waals surface area contributed by atoms with E-state index in [9.17, 15) is 14.4 Å². The number of nitrogens with zero attached hydrogens (tertiary/aromatic N) is 2. The van der Waals surface area contributed by atoms with Gasteiger partial charge in [-0.15, -0.1) is 0 Å². The van der Waals surface area contributed by atoms with Crippen LogP contribution >= 0.6 is 11.3 Å². The highest BCUT2D eigenvalue weighted by atomic mass is 32.1. The minimum Gasteiger partial charge on any atom is -0.322 e. The summed E-state index contributed by atoms with van der Waals surface area (Å²) in [6, 6.07) is 7.33. The number of benzene rings is 1. The molecule has 124 valence electrons. The molecule has 2 amide bonds. The second-order valence-electron chi connectivity index (χ2n) is 6.04. The summed E-state index contributed by atoms with van der Waals surface area (Å²) in [4.78, 5) is 40.5. The number of amides is 2. The van der Waals surface area contributed by atoms with Gasteiger partial charge in [-0.2, -0.15) is 9.67 Å². The molecule has 2 N–H and O–H groups in total. The maximum Gasteiger partial charge on any atom is 0.289 e. The van der Waals surface area contributed by atoms with Gasteiger partial charge in [0.25, 0.3) is 11.5 Å². The summed E-state index contributed by atoms with van der Waals surface area (Å²) in [5.41, 5.74) is 3.19. The molecule has 8 heteroatoms. The van der Waals surface area contributed by atoms with E-state index in [4.69, 9.17) is 0 Å². The third-order valence-corrected chi connectivity index (χ3v) is 4.48. The number of hydrogen-bond acceptors (Lipinski definition) is 5. The summed E-state index contributed by atoms with van der Waals surface area (Å²) >= 11 is 0.992. The first-order valence-corrected chi connectivity index (χ1v) is 8.10. The molecule has 0 fully saturated rings. The monoisotopic (exact) mass is 344 g/mol. The van der Waals surface area contributed by atoms with Gasteiger partial charge in [-0.25, -0.2) is 0 Å². The van der Waals surface area contributed by atoms with Crippen molar-refractivity contribution in [3.8, 4) is 0 Å². The predicted octanol–water partition coefficient (Wildman–Crippen LogP) is 0.119. The van der Waals surface area contributed by atoms with Gasteiger partial charge in [-0.05, 0) is 32.9 Å². The Hall–Kier alpha value is -2.74. The lowest BCUT2D eigenvalue weighted by Gasteiger charge is -2.26. The van der Waals surface area contributed by atoms with E-state index in [1.165, 1.54) is 10.8 Å². The standard InChI is InChI=1S/C16H16N4O3S/c1-9-4-6-10(7-5-9)17-12(21)8-11-13(22)20-15(24-11)18-14(23)16(2,3)19-20/h4-8,19H,1-3H3,(H,17,21)/b11-8+. The first kappa shape index (κ1) is 16.1. The number of aromatic nitrogens is 1. The highest BCUT2D eigenvalue weighted by molar-refractivity contribution is 7.07. The Morgan fingerprint density at radius 3 is 2.62 bits per heavy atom. The largest absolute Gasteiger partial charge is 0.322 e. The van der Waals surface area contributed by atoms with Gasteiger partial charge in [0.05, 0.1) is 0 Å². The lowest BCUT2D eigenvalue weighted by atomic mass is 10.1. The molecule has 0 radical (unpaired) electrons. The topological polar surface area (TPSA) is 92.6 Å². The molecule has 0 atom stereocenters. The SMILES string of the molecule is Cc1ccc(NC(=O)/C=c2/sc3n(c2=O)NC(C)(C)C(=O)N=3)cc1. The second kappa shape index (κ2) is 5.72. The van der Waals surface area contributed by atoms with E-state index >= 15 is 0 Å². The van der Waals surface area contributed by atoms with Crippen molar-refractivity contribution in [1.82, 2.24) is 4.68 Å². The van der Waals surface area contributed by atoms with Crippen molar-refractivity contribution < 1.29 is 9.59 Å².